The fourth-order valence-corrected chi connectivity index (χ4v) is 12.2. The van der Waals surface area contributed by atoms with Crippen LogP contribution in [0.1, 0.15) is 264 Å². The Morgan fingerprint density at radius 2 is 0.978 bits per heavy atom. The molecule has 9 fully saturated rings. The standard InChI is InChI=1S/C10H22N2.C8H15NO2.C7H13NO2.C6H11F2N.C6H10FN.2C6H14N2.2C6H11NO.C5H11NO/c1-2-3-8-12-10-6-4-9(11)5-7-10;1-11-8(10)6-3-2-4-7(9)5-6;8-6-3-1-2-5(4-6)7(9)10;7-6(8)3-1-5(9)2-4-6;7-5-1-3-6(8)4-2-5;7-5-2-1-3-6(8)4-5;7-5-3-1-2-4-6(5)8;7-5-1-3-6(8)4-2-5;7-5-2-1-3-6(8)4-5;6-4-1-2-5(7)3-4/h9-10,12H,2-8,11H2,1H3;6-7H,2-5,9H2,1H3;5-6H,1-4,8H2,(H,9,10);5H,1-4,9H2;1,6H,2-4,8H2;2*5-6H,1-4,7-8H2;2*5H,1-4,7H2;4-5,7H,1-3,6H2. The molecular weight excluding hydrogens is 1140 g/mol. The number of alkyl halides is 2. The summed E-state index contributed by atoms with van der Waals surface area (Å²) in [6.45, 7) is 3.43. The van der Waals surface area contributed by atoms with Gasteiger partial charge in [0.25, 0.3) is 0 Å². The van der Waals surface area contributed by atoms with E-state index in [1.54, 1.807) is 6.08 Å². The van der Waals surface area contributed by atoms with E-state index in [-0.39, 0.29) is 90.9 Å². The SMILES string of the molecule is CCCCNC1CCC(N)CC1.COC(=O)C1CCCC(N)C1.NC1CC=C(F)CC1.NC1CCC(=O)CC1.NC1CCC(F)(F)CC1.NC1CCC(O)C1.NC1CCCC(=O)C1.NC1CCCC(C(=O)O)C1.NC1CCCC(N)C1.NC1CCCCC1N. The van der Waals surface area contributed by atoms with E-state index in [2.05, 4.69) is 17.0 Å². The lowest BCUT2D eigenvalue weighted by Crippen LogP contribution is -2.43. The van der Waals surface area contributed by atoms with E-state index in [4.69, 9.17) is 79.0 Å². The molecule has 0 aromatic carbocycles. The monoisotopic (exact) mass is 1280 g/mol. The maximum atomic E-state index is 12.3. The average molecular weight is 1280 g/mol. The predicted octanol–water partition coefficient (Wildman–Crippen LogP) is 6.99. The number of ketones is 2. The lowest BCUT2D eigenvalue weighted by Gasteiger charge is -2.26. The summed E-state index contributed by atoms with van der Waals surface area (Å²) >= 11 is 0. The number of carboxylic acids is 1. The number of carbonyl (C=O) groups is 4. The Balaban J connectivity index is 0.000000496. The number of esters is 1. The van der Waals surface area contributed by atoms with Gasteiger partial charge >= 0.3 is 11.9 Å². The van der Waals surface area contributed by atoms with Gasteiger partial charge in [-0.2, -0.15) is 0 Å². The van der Waals surface area contributed by atoms with Crippen molar-refractivity contribution in [3.05, 3.63) is 11.9 Å². The summed E-state index contributed by atoms with van der Waals surface area (Å²) in [7, 11) is 1.43. The first kappa shape index (κ1) is 84.3. The molecule has 9 saturated carbocycles. The number of nitrogens with one attached hydrogen (secondary N) is 1. The van der Waals surface area contributed by atoms with Crippen molar-refractivity contribution in [2.45, 2.75) is 354 Å². The van der Waals surface area contributed by atoms with E-state index in [0.29, 0.717) is 87.1 Å². The molecular formula is C66H132F3N13O7. The third-order valence-corrected chi connectivity index (χ3v) is 18.4. The Hall–Kier alpha value is -2.75. The molecule has 0 aliphatic heterocycles. The van der Waals surface area contributed by atoms with Crippen molar-refractivity contribution in [3.63, 3.8) is 0 Å². The van der Waals surface area contributed by atoms with Gasteiger partial charge in [-0.15, -0.1) is 0 Å². The molecule has 89 heavy (non-hydrogen) atoms. The van der Waals surface area contributed by atoms with Crippen LogP contribution >= 0.6 is 0 Å². The lowest BCUT2D eigenvalue weighted by atomic mass is 9.86. The molecule has 0 heterocycles. The number of aliphatic hydroxyl groups excluding tert-OH is 1. The molecule has 20 nitrogen and oxygen atoms in total. The van der Waals surface area contributed by atoms with Gasteiger partial charge < -0.3 is 89.1 Å². The number of halogens is 3. The Morgan fingerprint density at radius 1 is 0.517 bits per heavy atom. The molecule has 12 atom stereocenters. The molecule has 27 N–H and O–H groups in total. The minimum absolute atomic E-state index is 0.00620. The molecule has 0 radical (unpaired) electrons. The zero-order valence-electron chi connectivity index (χ0n) is 55.3. The van der Waals surface area contributed by atoms with Gasteiger partial charge in [0, 0.05) is 123 Å². The minimum atomic E-state index is -2.42. The molecule has 0 amide bonds. The van der Waals surface area contributed by atoms with Crippen molar-refractivity contribution in [2.75, 3.05) is 13.7 Å². The molecule has 0 bridgehead atoms. The van der Waals surface area contributed by atoms with Gasteiger partial charge in [-0.3, -0.25) is 19.2 Å². The van der Waals surface area contributed by atoms with Gasteiger partial charge in [0.1, 0.15) is 11.6 Å². The molecule has 10 rings (SSSR count). The first-order chi connectivity index (χ1) is 42.1. The van der Waals surface area contributed by atoms with Crippen molar-refractivity contribution < 1.29 is 47.3 Å². The molecule has 0 aromatic rings. The fourth-order valence-electron chi connectivity index (χ4n) is 12.2. The second-order valence-corrected chi connectivity index (χ2v) is 27.2. The van der Waals surface area contributed by atoms with E-state index in [1.807, 2.05) is 0 Å². The first-order valence-electron chi connectivity index (χ1n) is 34.7. The third kappa shape index (κ3) is 45.3. The number of aliphatic hydroxyl groups is 1. The first-order valence-corrected chi connectivity index (χ1v) is 34.7. The van der Waals surface area contributed by atoms with E-state index in [0.717, 1.165) is 128 Å². The van der Waals surface area contributed by atoms with Crippen LogP contribution in [-0.4, -0.2) is 138 Å². The fraction of sp³-hybridized carbons (Fsp3) is 0.909. The number of rotatable bonds is 6. The van der Waals surface area contributed by atoms with Crippen LogP contribution in [0.2, 0.25) is 0 Å². The smallest absolute Gasteiger partial charge is 0.308 e. The molecule has 12 unspecified atom stereocenters. The van der Waals surface area contributed by atoms with Gasteiger partial charge in [0.2, 0.25) is 5.92 Å². The van der Waals surface area contributed by atoms with E-state index >= 15 is 0 Å². The quantitative estimate of drug-likeness (QED) is 0.0941. The van der Waals surface area contributed by atoms with Gasteiger partial charge in [0.05, 0.1) is 30.9 Å². The number of nitrogens with two attached hydrogens (primary N) is 12. The zero-order chi connectivity index (χ0) is 66.7. The Bertz CT molecular complexity index is 1830. The van der Waals surface area contributed by atoms with Crippen molar-refractivity contribution >= 4 is 23.5 Å². The molecule has 0 aromatic heterocycles. The maximum Gasteiger partial charge on any atom is 0.308 e. The number of unbranched alkanes of at least 4 members (excludes halogenated alkanes) is 1. The van der Waals surface area contributed by atoms with Crippen LogP contribution in [0.15, 0.2) is 11.9 Å². The summed E-state index contributed by atoms with van der Waals surface area (Å²) in [5, 5.41) is 21.0. The number of ether oxygens (including phenoxy) is 1. The van der Waals surface area contributed by atoms with Crippen LogP contribution in [0.4, 0.5) is 13.2 Å². The summed E-state index contributed by atoms with van der Waals surface area (Å²) in [5.74, 6) is -2.60. The topological polar surface area (TPSA) is 442 Å². The highest BCUT2D eigenvalue weighted by Gasteiger charge is 2.33. The number of aliphatic carboxylic acids is 1. The van der Waals surface area contributed by atoms with Gasteiger partial charge in [-0.25, -0.2) is 13.2 Å². The summed E-state index contributed by atoms with van der Waals surface area (Å²) in [5.41, 5.74) is 67.2. The van der Waals surface area contributed by atoms with E-state index in [1.165, 1.54) is 84.3 Å². The predicted molar refractivity (Wildman–Crippen MR) is 355 cm³/mol. The number of hydrogen-bond donors (Lipinski definition) is 15. The number of hydrogen-bond acceptors (Lipinski definition) is 19. The molecule has 0 spiro atoms. The molecule has 0 saturated heterocycles. The minimum Gasteiger partial charge on any atom is -0.481 e. The Kier molecular flexibility index (Phi) is 47.1. The lowest BCUT2D eigenvalue weighted by molar-refractivity contribution is -0.146. The van der Waals surface area contributed by atoms with Gasteiger partial charge in [-0.1, -0.05) is 51.5 Å². The molecule has 23 heteroatoms. The van der Waals surface area contributed by atoms with Gasteiger partial charge in [0.15, 0.2) is 0 Å². The van der Waals surface area contributed by atoms with Crippen LogP contribution in [0.3, 0.4) is 0 Å². The Labute approximate surface area is 534 Å². The average Bonchev–Trinajstić information content (AvgIpc) is 4.11. The molecule has 10 aliphatic carbocycles. The van der Waals surface area contributed by atoms with Crippen molar-refractivity contribution in [1.29, 1.82) is 0 Å². The summed E-state index contributed by atoms with van der Waals surface area (Å²) in [4.78, 5) is 42.6. The normalized spacial score (nSPS) is 32.7. The number of allylic oxidation sites excluding steroid dienone is 1. The maximum absolute atomic E-state index is 12.3. The van der Waals surface area contributed by atoms with Crippen LogP contribution in [-0.2, 0) is 23.9 Å². The highest BCUT2D eigenvalue weighted by Crippen LogP contribution is 2.32. The van der Waals surface area contributed by atoms with Crippen LogP contribution in [0.5, 0.6) is 0 Å². The molecule has 524 valence electrons. The zero-order valence-corrected chi connectivity index (χ0v) is 55.3. The van der Waals surface area contributed by atoms with Crippen molar-refractivity contribution in [1.82, 2.24) is 5.32 Å². The van der Waals surface area contributed by atoms with E-state index < -0.39 is 11.9 Å². The number of carbonyl (C=O) groups excluding carboxylic acids is 3. The van der Waals surface area contributed by atoms with Crippen molar-refractivity contribution in [2.24, 2.45) is 80.6 Å². The van der Waals surface area contributed by atoms with Crippen LogP contribution in [0, 0.1) is 11.8 Å². The van der Waals surface area contributed by atoms with Gasteiger partial charge in [-0.05, 0) is 180 Å². The molecule has 10 aliphatic rings. The highest BCUT2D eigenvalue weighted by atomic mass is 19.3. The Morgan fingerprint density at radius 3 is 1.33 bits per heavy atom. The third-order valence-electron chi connectivity index (χ3n) is 18.4. The summed E-state index contributed by atoms with van der Waals surface area (Å²) in [6.07, 6.45) is 38.1. The highest BCUT2D eigenvalue weighted by molar-refractivity contribution is 5.79. The van der Waals surface area contributed by atoms with Crippen LogP contribution < -0.4 is 74.1 Å². The summed E-state index contributed by atoms with van der Waals surface area (Å²) in [6, 6.07) is 3.86. The van der Waals surface area contributed by atoms with E-state index in [9.17, 15) is 32.3 Å². The number of carboxylic acid groups (broad SMARTS) is 1. The summed E-state index contributed by atoms with van der Waals surface area (Å²) < 4.78 is 41.5. The number of methoxy groups -OCH3 is 1. The van der Waals surface area contributed by atoms with Crippen molar-refractivity contribution in [3.8, 4) is 0 Å². The largest absolute Gasteiger partial charge is 0.481 e. The number of Topliss-reactive ketones (excluding diaryl/α,β-unsaturated/α-hetero) is 2. The second-order valence-electron chi connectivity index (χ2n) is 27.2. The van der Waals surface area contributed by atoms with Crippen LogP contribution in [0.25, 0.3) is 0 Å². The second kappa shape index (κ2) is 49.8.